The van der Waals surface area contributed by atoms with Gasteiger partial charge in [-0.3, -0.25) is 0 Å². The predicted molar refractivity (Wildman–Crippen MR) is 27.1 cm³/mol. The summed E-state index contributed by atoms with van der Waals surface area (Å²) in [5.74, 6) is 1.04. The van der Waals surface area contributed by atoms with Gasteiger partial charge in [-0.15, -0.1) is 11.6 Å². The highest BCUT2D eigenvalue weighted by atomic mass is 33.1. The molecule has 0 heterocycles. The molecule has 0 bridgehead atoms. The zero-order valence-corrected chi connectivity index (χ0v) is 4.16. The third-order valence-corrected chi connectivity index (χ3v) is 1.06. The van der Waals surface area contributed by atoms with Gasteiger partial charge in [0.2, 0.25) is 0 Å². The molecule has 0 atom stereocenters. The zero-order valence-electron chi connectivity index (χ0n) is 3.52. The first-order valence-corrected chi connectivity index (χ1v) is 3.07. The molecule has 0 radical (unpaired) electrons. The van der Waals surface area contributed by atoms with Gasteiger partial charge in [0.1, 0.15) is 1.12 Å². The molecule has 0 aliphatic rings. The van der Waals surface area contributed by atoms with Crippen LogP contribution in [-0.4, -0.2) is 6.88 Å². The van der Waals surface area contributed by atoms with Crippen molar-refractivity contribution in [3.63, 3.8) is 0 Å². The summed E-state index contributed by atoms with van der Waals surface area (Å²) < 4.78 is 6.48. The van der Waals surface area contributed by atoms with Crippen LogP contribution in [0.1, 0.15) is 6.92 Å². The Labute approximate surface area is 36.9 Å². The average molecular weight is 96.2 g/mol. The molecular formula is C2H6S2. The van der Waals surface area contributed by atoms with Crippen molar-refractivity contribution in [3.8, 4) is 0 Å². The van der Waals surface area contributed by atoms with Gasteiger partial charge in [-0.1, -0.05) is 17.7 Å². The van der Waals surface area contributed by atoms with Crippen LogP contribution in [0.5, 0.6) is 0 Å². The van der Waals surface area contributed by atoms with E-state index in [1.54, 1.807) is 10.8 Å². The van der Waals surface area contributed by atoms with E-state index < -0.39 is 0 Å². The molecule has 0 aromatic heterocycles. The SMILES string of the molecule is [3H]SSCC. The second-order valence-corrected chi connectivity index (χ2v) is 1.93. The van der Waals surface area contributed by atoms with Gasteiger partial charge >= 0.3 is 0 Å². The standard InChI is InChI=1S/C2H6S2/c1-2-4-3/h3H,2H2,1H3/i/hT. The summed E-state index contributed by atoms with van der Waals surface area (Å²) in [6.45, 7) is 2.03. The van der Waals surface area contributed by atoms with Gasteiger partial charge in [0.15, 0.2) is 0 Å². The maximum atomic E-state index is 6.48. The molecule has 0 aromatic rings. The maximum Gasteiger partial charge on any atom is 0.115 e. The molecule has 4 heavy (non-hydrogen) atoms. The lowest BCUT2D eigenvalue weighted by atomic mass is 11.0. The second-order valence-electron chi connectivity index (χ2n) is 0.407. The molecule has 0 N–H and O–H groups in total. The Morgan fingerprint density at radius 2 is 3.25 bits per heavy atom. The normalized spacial score (nSPS) is 10.8. The predicted octanol–water partition coefficient (Wildman–Crippen LogP) is 1.58. The maximum absolute atomic E-state index is 6.48. The molecule has 0 spiro atoms. The summed E-state index contributed by atoms with van der Waals surface area (Å²) in [7, 11) is 1.55. The van der Waals surface area contributed by atoms with E-state index in [2.05, 4.69) is 0 Å². The molecule has 0 rings (SSSR count). The third-order valence-electron chi connectivity index (χ3n) is 0.118. The Morgan fingerprint density at radius 3 is 3.25 bits per heavy atom. The van der Waals surface area contributed by atoms with Crippen LogP contribution in [0.15, 0.2) is 0 Å². The van der Waals surface area contributed by atoms with Crippen LogP contribution in [0.2, 0.25) is 0 Å². The van der Waals surface area contributed by atoms with Crippen molar-refractivity contribution >= 4 is 22.4 Å². The van der Waals surface area contributed by atoms with Crippen LogP contribution in [0.4, 0.5) is 0 Å². The molecule has 0 aliphatic heterocycles. The van der Waals surface area contributed by atoms with Gasteiger partial charge in [0, 0.05) is 5.75 Å². The van der Waals surface area contributed by atoms with E-state index in [4.69, 9.17) is 1.12 Å². The molecule has 0 amide bonds. The van der Waals surface area contributed by atoms with Crippen LogP contribution in [0, 0.1) is 0 Å². The van der Waals surface area contributed by atoms with Gasteiger partial charge in [-0.2, -0.15) is 0 Å². The van der Waals surface area contributed by atoms with Crippen LogP contribution < -0.4 is 0 Å². The van der Waals surface area contributed by atoms with Crippen molar-refractivity contribution in [1.82, 2.24) is 0 Å². The summed E-state index contributed by atoms with van der Waals surface area (Å²) in [6, 6.07) is 0. The second kappa shape index (κ2) is 3.70. The number of hydrogen-bond donors (Lipinski definition) is 1. The lowest BCUT2D eigenvalue weighted by Crippen LogP contribution is -1.45. The van der Waals surface area contributed by atoms with Gasteiger partial charge in [-0.25, -0.2) is 0 Å². The van der Waals surface area contributed by atoms with Crippen molar-refractivity contribution < 1.29 is 0 Å². The van der Waals surface area contributed by atoms with Crippen molar-refractivity contribution in [2.45, 2.75) is 6.92 Å². The van der Waals surface area contributed by atoms with E-state index in [9.17, 15) is 0 Å². The number of rotatable bonds is 2. The Morgan fingerprint density at radius 1 is 2.50 bits per heavy atom. The fraction of sp³-hybridized carbons (Fsp3) is 1.00. The van der Waals surface area contributed by atoms with Crippen LogP contribution >= 0.6 is 22.4 Å². The molecule has 0 saturated heterocycles. The van der Waals surface area contributed by atoms with E-state index >= 15 is 0 Å². The Kier molecular flexibility index (Phi) is 2.69. The van der Waals surface area contributed by atoms with Crippen molar-refractivity contribution in [2.24, 2.45) is 0 Å². The Bertz CT molecular complexity index is 15.1. The molecular weight excluding hydrogens is 88.2 g/mol. The minimum Gasteiger partial charge on any atom is -0.111 e. The summed E-state index contributed by atoms with van der Waals surface area (Å²) in [6.07, 6.45) is 0. The minimum absolute atomic E-state index is 1.04. The van der Waals surface area contributed by atoms with E-state index in [0.29, 0.717) is 0 Å². The fourth-order valence-electron chi connectivity index (χ4n) is 0. The molecule has 0 fully saturated rings. The highest BCUT2D eigenvalue weighted by molar-refractivity contribution is 8.68. The largest absolute Gasteiger partial charge is 0.115 e. The highest BCUT2D eigenvalue weighted by Crippen LogP contribution is 2.00. The molecule has 0 unspecified atom stereocenters. The molecule has 0 aliphatic carbocycles. The molecule has 26 valence electrons. The van der Waals surface area contributed by atoms with E-state index in [-0.39, 0.29) is 0 Å². The average Bonchev–Trinajstić information content (AvgIpc) is 1.41. The lowest BCUT2D eigenvalue weighted by molar-refractivity contribution is 1.54. The summed E-state index contributed by atoms with van der Waals surface area (Å²) in [5.41, 5.74) is 0. The number of thiol groups is 1. The zero-order chi connectivity index (χ0) is 4.12. The Balaban J connectivity index is 2.19. The van der Waals surface area contributed by atoms with Crippen molar-refractivity contribution in [2.75, 3.05) is 5.75 Å². The summed E-state index contributed by atoms with van der Waals surface area (Å²) in [4.78, 5) is 0. The van der Waals surface area contributed by atoms with Gasteiger partial charge < -0.3 is 0 Å². The molecule has 0 nitrogen and oxygen atoms in total. The first kappa shape index (κ1) is 2.91. The Hall–Kier alpha value is 0.700. The van der Waals surface area contributed by atoms with Crippen molar-refractivity contribution in [3.05, 3.63) is 0 Å². The van der Waals surface area contributed by atoms with Crippen LogP contribution in [0.3, 0.4) is 0 Å². The first-order chi connectivity index (χ1) is 2.41. The topological polar surface area (TPSA) is 0 Å². The monoisotopic (exact) mass is 96.0 g/mol. The van der Waals surface area contributed by atoms with Crippen LogP contribution in [0.25, 0.3) is 0 Å². The number of hydrogen-bond acceptors (Lipinski definition) is 2. The third kappa shape index (κ3) is 2.70. The van der Waals surface area contributed by atoms with Gasteiger partial charge in [0.25, 0.3) is 0 Å². The lowest BCUT2D eigenvalue weighted by Gasteiger charge is -1.68. The minimum atomic E-state index is 1.04. The highest BCUT2D eigenvalue weighted by Gasteiger charge is 1.56. The fourth-order valence-corrected chi connectivity index (χ4v) is 0. The van der Waals surface area contributed by atoms with E-state index in [0.717, 1.165) is 17.3 Å². The summed E-state index contributed by atoms with van der Waals surface area (Å²) >= 11 is 1.07. The van der Waals surface area contributed by atoms with Gasteiger partial charge in [-0.05, 0) is 0 Å². The summed E-state index contributed by atoms with van der Waals surface area (Å²) in [5, 5.41) is 0. The van der Waals surface area contributed by atoms with Gasteiger partial charge in [0.05, 0.1) is 0 Å². The molecule has 0 aromatic carbocycles. The first-order valence-electron chi connectivity index (χ1n) is 1.57. The van der Waals surface area contributed by atoms with E-state index in [1.165, 1.54) is 0 Å². The molecule has 2 heteroatoms. The van der Waals surface area contributed by atoms with Crippen molar-refractivity contribution in [1.29, 1.82) is 1.12 Å². The smallest absolute Gasteiger partial charge is 0.111 e. The van der Waals surface area contributed by atoms with Crippen LogP contribution in [-0.2, 0) is 0 Å². The quantitative estimate of drug-likeness (QED) is 0.402. The van der Waals surface area contributed by atoms with E-state index in [1.807, 2.05) is 6.92 Å². The molecule has 0 saturated carbocycles.